The predicted octanol–water partition coefficient (Wildman–Crippen LogP) is 5.57. The summed E-state index contributed by atoms with van der Waals surface area (Å²) in [5, 5.41) is 18.6. The van der Waals surface area contributed by atoms with E-state index in [0.29, 0.717) is 48.2 Å². The van der Waals surface area contributed by atoms with Crippen LogP contribution in [0.3, 0.4) is 0 Å². The number of hydrogen-bond acceptors (Lipinski definition) is 12. The molecule has 3 N–H and O–H groups in total. The zero-order valence-electron chi connectivity index (χ0n) is 30.9. The van der Waals surface area contributed by atoms with Crippen molar-refractivity contribution < 1.29 is 9.13 Å². The first kappa shape index (κ1) is 36.2. The van der Waals surface area contributed by atoms with Gasteiger partial charge in [-0.1, -0.05) is 0 Å². The third-order valence-corrected chi connectivity index (χ3v) is 9.79. The lowest BCUT2D eigenvalue weighted by atomic mass is 9.96. The third kappa shape index (κ3) is 8.41. The lowest BCUT2D eigenvalue weighted by Crippen LogP contribution is -2.46. The second kappa shape index (κ2) is 16.3. The van der Waals surface area contributed by atoms with Crippen molar-refractivity contribution in [2.24, 2.45) is 5.92 Å². The molecule has 0 spiro atoms. The summed E-state index contributed by atoms with van der Waals surface area (Å²) in [5.74, 6) is 1.61. The smallest absolute Gasteiger partial charge is 0.242 e. The van der Waals surface area contributed by atoms with Crippen LogP contribution >= 0.6 is 0 Å². The van der Waals surface area contributed by atoms with Crippen molar-refractivity contribution in [3.63, 3.8) is 0 Å². The number of ether oxygens (including phenoxy) is 1. The van der Waals surface area contributed by atoms with E-state index in [9.17, 15) is 0 Å². The summed E-state index contributed by atoms with van der Waals surface area (Å²) in [6.45, 7) is 13.2. The van der Waals surface area contributed by atoms with Gasteiger partial charge in [-0.3, -0.25) is 19.3 Å². The number of alkyl halides is 1. The molecule has 53 heavy (non-hydrogen) atoms. The van der Waals surface area contributed by atoms with Crippen LogP contribution in [0.15, 0.2) is 55.5 Å². The van der Waals surface area contributed by atoms with E-state index >= 15 is 4.39 Å². The molecule has 2 aliphatic rings. The monoisotopic (exact) mass is 721 g/mol. The van der Waals surface area contributed by atoms with Gasteiger partial charge in [0, 0.05) is 79.4 Å². The fourth-order valence-corrected chi connectivity index (χ4v) is 6.88. The molecular formula is C38H48FN13O. The Morgan fingerprint density at radius 3 is 2.40 bits per heavy atom. The van der Waals surface area contributed by atoms with Crippen LogP contribution in [0.5, 0.6) is 5.88 Å². The van der Waals surface area contributed by atoms with Crippen molar-refractivity contribution in [3.8, 4) is 28.4 Å². The summed E-state index contributed by atoms with van der Waals surface area (Å²) in [6.07, 6.45) is 16.0. The molecule has 15 heteroatoms. The first-order valence-corrected chi connectivity index (χ1v) is 18.6. The molecular weight excluding hydrogens is 674 g/mol. The standard InChI is InChI=1S/C20H26FN7.C18H22N6O/c1-13(2)28-14(3)15(10-26-28)16-9-17-18(24-8-7-23-17)19(27-16)25-12-20(21)5-4-6-22-11-20;1-2-24-11-14(10-22-24)15-8-16-17(21-7-6-20-16)18(23-15)25-12-13-4-3-5-19-9-13/h7-10,13,22H,4-6,11-12H2,1-3H3,(H,25,27);6-8,10-11,13,19H,2-5,9,12H2,1H3/t;13-/m.1/s1. The van der Waals surface area contributed by atoms with Gasteiger partial charge >= 0.3 is 0 Å². The number of nitrogens with one attached hydrogen (secondary N) is 3. The summed E-state index contributed by atoms with van der Waals surface area (Å²) in [6, 6.07) is 4.11. The zero-order valence-corrected chi connectivity index (χ0v) is 30.9. The number of nitrogens with zero attached hydrogens (tertiary/aromatic N) is 10. The van der Waals surface area contributed by atoms with E-state index < -0.39 is 5.67 Å². The van der Waals surface area contributed by atoms with Gasteiger partial charge in [0.2, 0.25) is 5.88 Å². The van der Waals surface area contributed by atoms with E-state index in [2.05, 4.69) is 66.9 Å². The second-order valence-electron chi connectivity index (χ2n) is 14.1. The Kier molecular flexibility index (Phi) is 11.1. The molecule has 0 amide bonds. The zero-order chi connectivity index (χ0) is 36.8. The number of rotatable bonds is 10. The van der Waals surface area contributed by atoms with Crippen LogP contribution in [0.1, 0.15) is 58.2 Å². The lowest BCUT2D eigenvalue weighted by molar-refractivity contribution is 0.137. The van der Waals surface area contributed by atoms with Gasteiger partial charge in [0.25, 0.3) is 0 Å². The highest BCUT2D eigenvalue weighted by molar-refractivity contribution is 5.88. The molecule has 2 aliphatic heterocycles. The summed E-state index contributed by atoms with van der Waals surface area (Å²) >= 11 is 0. The number of anilines is 1. The van der Waals surface area contributed by atoms with Crippen LogP contribution < -0.4 is 20.7 Å². The van der Waals surface area contributed by atoms with E-state index in [1.165, 1.54) is 12.8 Å². The van der Waals surface area contributed by atoms with Crippen LogP contribution in [0, 0.1) is 12.8 Å². The fourth-order valence-electron chi connectivity index (χ4n) is 6.88. The number of fused-ring (bicyclic) bond motifs is 2. The summed E-state index contributed by atoms with van der Waals surface area (Å²) in [7, 11) is 0. The molecule has 278 valence electrons. The molecule has 6 aromatic rings. The number of aromatic nitrogens is 10. The van der Waals surface area contributed by atoms with E-state index in [1.807, 2.05) is 47.0 Å². The van der Waals surface area contributed by atoms with Gasteiger partial charge in [0.15, 0.2) is 11.3 Å². The molecule has 0 aliphatic carbocycles. The molecule has 0 aromatic carbocycles. The van der Waals surface area contributed by atoms with Crippen molar-refractivity contribution in [1.82, 2.24) is 60.1 Å². The van der Waals surface area contributed by atoms with Crippen LogP contribution in [-0.2, 0) is 6.54 Å². The first-order chi connectivity index (χ1) is 25.8. The Hall–Kier alpha value is -5.15. The van der Waals surface area contributed by atoms with Gasteiger partial charge in [-0.2, -0.15) is 10.2 Å². The third-order valence-electron chi connectivity index (χ3n) is 9.79. The minimum atomic E-state index is -1.29. The number of halogens is 1. The van der Waals surface area contributed by atoms with Gasteiger partial charge in [0.05, 0.1) is 48.0 Å². The van der Waals surface area contributed by atoms with Crippen LogP contribution in [0.2, 0.25) is 0 Å². The van der Waals surface area contributed by atoms with Gasteiger partial charge in [-0.15, -0.1) is 0 Å². The molecule has 0 bridgehead atoms. The summed E-state index contributed by atoms with van der Waals surface area (Å²) < 4.78 is 25.0. The molecule has 2 saturated heterocycles. The molecule has 2 atom stereocenters. The molecule has 0 radical (unpaired) electrons. The Bertz CT molecular complexity index is 2140. The minimum absolute atomic E-state index is 0.187. The Morgan fingerprint density at radius 2 is 1.70 bits per heavy atom. The largest absolute Gasteiger partial charge is 0.476 e. The Balaban J connectivity index is 0.000000165. The number of hydrogen-bond donors (Lipinski definition) is 3. The molecule has 8 heterocycles. The second-order valence-corrected chi connectivity index (χ2v) is 14.1. The first-order valence-electron chi connectivity index (χ1n) is 18.6. The molecule has 14 nitrogen and oxygen atoms in total. The average Bonchev–Trinajstić information content (AvgIpc) is 3.84. The highest BCUT2D eigenvalue weighted by Crippen LogP contribution is 2.30. The van der Waals surface area contributed by atoms with Crippen molar-refractivity contribution in [2.75, 3.05) is 44.6 Å². The van der Waals surface area contributed by atoms with E-state index in [0.717, 1.165) is 71.8 Å². The highest BCUT2D eigenvalue weighted by Gasteiger charge is 2.32. The molecule has 2 fully saturated rings. The number of aryl methyl sites for hydroxylation is 1. The number of piperidine rings is 2. The van der Waals surface area contributed by atoms with Crippen LogP contribution in [-0.4, -0.2) is 94.5 Å². The quantitative estimate of drug-likeness (QED) is 0.162. The normalized spacial score (nSPS) is 18.9. The summed E-state index contributed by atoms with van der Waals surface area (Å²) in [5.41, 5.74) is 6.08. The Morgan fingerprint density at radius 1 is 0.943 bits per heavy atom. The van der Waals surface area contributed by atoms with E-state index in [-0.39, 0.29) is 12.6 Å². The maximum Gasteiger partial charge on any atom is 0.242 e. The van der Waals surface area contributed by atoms with Crippen LogP contribution in [0.25, 0.3) is 44.6 Å². The van der Waals surface area contributed by atoms with Gasteiger partial charge in [0.1, 0.15) is 11.2 Å². The van der Waals surface area contributed by atoms with Crippen molar-refractivity contribution in [2.45, 2.75) is 71.6 Å². The van der Waals surface area contributed by atoms with Gasteiger partial charge < -0.3 is 20.7 Å². The Labute approximate surface area is 308 Å². The predicted molar refractivity (Wildman–Crippen MR) is 203 cm³/mol. The van der Waals surface area contributed by atoms with Crippen molar-refractivity contribution in [3.05, 3.63) is 61.2 Å². The van der Waals surface area contributed by atoms with E-state index in [4.69, 9.17) is 14.7 Å². The molecule has 0 saturated carbocycles. The maximum atomic E-state index is 15.0. The van der Waals surface area contributed by atoms with Gasteiger partial charge in [-0.25, -0.2) is 24.3 Å². The lowest BCUT2D eigenvalue weighted by Gasteiger charge is -2.30. The fraction of sp³-hybridized carbons (Fsp3) is 0.474. The minimum Gasteiger partial charge on any atom is -0.476 e. The topological polar surface area (TPSA) is 158 Å². The van der Waals surface area contributed by atoms with Gasteiger partial charge in [-0.05, 0) is 78.6 Å². The maximum absolute atomic E-state index is 15.0. The molecule has 8 rings (SSSR count). The SMILES string of the molecule is CCn1cc(-c2cc3nccnc3c(OC[C@@H]3CCCNC3)n2)cn1.Cc1c(-c2cc3nccnc3c(NCC3(F)CCCNC3)n2)cnn1C(C)C. The highest BCUT2D eigenvalue weighted by atomic mass is 19.1. The molecule has 1 unspecified atom stereocenters. The van der Waals surface area contributed by atoms with Crippen molar-refractivity contribution >= 4 is 27.9 Å². The van der Waals surface area contributed by atoms with E-state index in [1.54, 1.807) is 24.8 Å². The van der Waals surface area contributed by atoms with Crippen LogP contribution in [0.4, 0.5) is 10.2 Å². The van der Waals surface area contributed by atoms with Crippen molar-refractivity contribution in [1.29, 1.82) is 0 Å². The number of pyridine rings is 2. The summed E-state index contributed by atoms with van der Waals surface area (Å²) in [4.78, 5) is 27.2. The average molecular weight is 722 g/mol. The molecule has 6 aromatic heterocycles.